The van der Waals surface area contributed by atoms with Crippen molar-refractivity contribution in [1.82, 2.24) is 9.88 Å². The first kappa shape index (κ1) is 17.0. The van der Waals surface area contributed by atoms with Gasteiger partial charge in [0.15, 0.2) is 0 Å². The number of amides is 1. The number of pyridine rings is 1. The van der Waals surface area contributed by atoms with Crippen molar-refractivity contribution in [3.8, 4) is 0 Å². The number of carbonyl (C=O) groups is 1. The fourth-order valence-electron chi connectivity index (χ4n) is 1.83. The molecule has 0 spiro atoms. The van der Waals surface area contributed by atoms with E-state index >= 15 is 0 Å². The molecule has 3 nitrogen and oxygen atoms in total. The number of halogens is 1. The Bertz CT molecular complexity index is 420. The highest BCUT2D eigenvalue weighted by atomic mass is 35.5. The van der Waals surface area contributed by atoms with Crippen molar-refractivity contribution in [1.29, 1.82) is 0 Å². The van der Waals surface area contributed by atoms with Gasteiger partial charge in [0.2, 0.25) is 0 Å². The van der Waals surface area contributed by atoms with Gasteiger partial charge in [-0.05, 0) is 36.8 Å². The summed E-state index contributed by atoms with van der Waals surface area (Å²) in [5.74, 6) is 1.14. The summed E-state index contributed by atoms with van der Waals surface area (Å²) in [7, 11) is 0. The maximum absolute atomic E-state index is 12.5. The lowest BCUT2D eigenvalue weighted by atomic mass is 10.1. The summed E-state index contributed by atoms with van der Waals surface area (Å²) in [5.41, 5.74) is 0.435. The van der Waals surface area contributed by atoms with Gasteiger partial charge in [-0.2, -0.15) is 0 Å². The molecule has 112 valence electrons. The van der Waals surface area contributed by atoms with Crippen molar-refractivity contribution >= 4 is 17.5 Å². The van der Waals surface area contributed by atoms with E-state index in [1.165, 1.54) is 0 Å². The molecule has 0 unspecified atom stereocenters. The van der Waals surface area contributed by atoms with Crippen LogP contribution in [0.4, 0.5) is 0 Å². The SMILES string of the molecule is CC(C)CCN(CCC(C)C)C(=O)c1cccc(Cl)n1. The summed E-state index contributed by atoms with van der Waals surface area (Å²) in [4.78, 5) is 18.6. The Labute approximate surface area is 127 Å². The predicted octanol–water partition coefficient (Wildman–Crippen LogP) is 4.27. The van der Waals surface area contributed by atoms with E-state index in [0.717, 1.165) is 25.9 Å². The zero-order valence-electron chi connectivity index (χ0n) is 12.9. The van der Waals surface area contributed by atoms with Gasteiger partial charge in [-0.3, -0.25) is 4.79 Å². The molecule has 0 aliphatic carbocycles. The molecule has 0 aliphatic heterocycles. The molecule has 0 aliphatic rings. The molecule has 1 heterocycles. The lowest BCUT2D eigenvalue weighted by Gasteiger charge is -2.24. The van der Waals surface area contributed by atoms with Gasteiger partial charge in [0.1, 0.15) is 10.8 Å². The average Bonchev–Trinajstić information content (AvgIpc) is 2.37. The Hall–Kier alpha value is -1.09. The molecule has 0 saturated carbocycles. The second kappa shape index (κ2) is 8.25. The molecule has 0 atom stereocenters. The lowest BCUT2D eigenvalue weighted by molar-refractivity contribution is 0.0735. The molecule has 1 rings (SSSR count). The fraction of sp³-hybridized carbons (Fsp3) is 0.625. The maximum atomic E-state index is 12.5. The van der Waals surface area contributed by atoms with Gasteiger partial charge in [0, 0.05) is 13.1 Å². The number of rotatable bonds is 7. The van der Waals surface area contributed by atoms with E-state index in [4.69, 9.17) is 11.6 Å². The quantitative estimate of drug-likeness (QED) is 0.704. The molecular formula is C16H25ClN2O. The maximum Gasteiger partial charge on any atom is 0.272 e. The summed E-state index contributed by atoms with van der Waals surface area (Å²) >= 11 is 5.87. The van der Waals surface area contributed by atoms with E-state index in [1.54, 1.807) is 18.2 Å². The molecule has 1 aromatic rings. The highest BCUT2D eigenvalue weighted by Gasteiger charge is 2.17. The van der Waals surface area contributed by atoms with Crippen LogP contribution in [0.5, 0.6) is 0 Å². The van der Waals surface area contributed by atoms with Crippen LogP contribution >= 0.6 is 11.6 Å². The van der Waals surface area contributed by atoms with E-state index in [-0.39, 0.29) is 5.91 Å². The molecule has 4 heteroatoms. The Morgan fingerprint density at radius 3 is 2.15 bits per heavy atom. The van der Waals surface area contributed by atoms with Crippen molar-refractivity contribution in [2.24, 2.45) is 11.8 Å². The topological polar surface area (TPSA) is 33.2 Å². The van der Waals surface area contributed by atoms with Crippen molar-refractivity contribution < 1.29 is 4.79 Å². The number of aromatic nitrogens is 1. The zero-order valence-corrected chi connectivity index (χ0v) is 13.7. The molecule has 1 aromatic heterocycles. The minimum absolute atomic E-state index is 0.0196. The largest absolute Gasteiger partial charge is 0.337 e. The molecule has 0 bridgehead atoms. The lowest BCUT2D eigenvalue weighted by Crippen LogP contribution is -2.34. The molecule has 1 amide bonds. The van der Waals surface area contributed by atoms with Crippen molar-refractivity contribution in [2.75, 3.05) is 13.1 Å². The Balaban J connectivity index is 2.76. The van der Waals surface area contributed by atoms with Gasteiger partial charge >= 0.3 is 0 Å². The normalized spacial score (nSPS) is 11.2. The predicted molar refractivity (Wildman–Crippen MR) is 84.1 cm³/mol. The van der Waals surface area contributed by atoms with Crippen LogP contribution < -0.4 is 0 Å². The first-order valence-corrected chi connectivity index (χ1v) is 7.69. The summed E-state index contributed by atoms with van der Waals surface area (Å²) in [6, 6.07) is 5.18. The first-order chi connectivity index (χ1) is 9.40. The van der Waals surface area contributed by atoms with Crippen LogP contribution in [0.15, 0.2) is 18.2 Å². The van der Waals surface area contributed by atoms with E-state index < -0.39 is 0 Å². The summed E-state index contributed by atoms with van der Waals surface area (Å²) < 4.78 is 0. The van der Waals surface area contributed by atoms with Crippen LogP contribution in [0.3, 0.4) is 0 Å². The Morgan fingerprint density at radius 1 is 1.15 bits per heavy atom. The third-order valence-electron chi connectivity index (χ3n) is 3.17. The minimum atomic E-state index is -0.0196. The second-order valence-corrected chi connectivity index (χ2v) is 6.39. The van der Waals surface area contributed by atoms with Crippen LogP contribution in [-0.2, 0) is 0 Å². The molecule has 0 saturated heterocycles. The molecule has 0 fully saturated rings. The van der Waals surface area contributed by atoms with Gasteiger partial charge in [-0.25, -0.2) is 4.98 Å². The summed E-state index contributed by atoms with van der Waals surface area (Å²) in [6.45, 7) is 10.2. The van der Waals surface area contributed by atoms with Crippen molar-refractivity contribution in [3.63, 3.8) is 0 Å². The molecular weight excluding hydrogens is 272 g/mol. The minimum Gasteiger partial charge on any atom is -0.337 e. The number of hydrogen-bond acceptors (Lipinski definition) is 2. The van der Waals surface area contributed by atoms with Gasteiger partial charge in [-0.15, -0.1) is 0 Å². The molecule has 20 heavy (non-hydrogen) atoms. The van der Waals surface area contributed by atoms with Crippen LogP contribution in [0.25, 0.3) is 0 Å². The Morgan fingerprint density at radius 2 is 1.70 bits per heavy atom. The van der Waals surface area contributed by atoms with E-state index in [1.807, 2.05) is 4.90 Å². The first-order valence-electron chi connectivity index (χ1n) is 7.32. The molecule has 0 N–H and O–H groups in total. The van der Waals surface area contributed by atoms with E-state index in [2.05, 4.69) is 32.7 Å². The fourth-order valence-corrected chi connectivity index (χ4v) is 2.00. The standard InChI is InChI=1S/C16H25ClN2O/c1-12(2)8-10-19(11-9-13(3)4)16(20)14-6-5-7-15(17)18-14/h5-7,12-13H,8-11H2,1-4H3. The van der Waals surface area contributed by atoms with Gasteiger partial charge < -0.3 is 4.90 Å². The van der Waals surface area contributed by atoms with Crippen LogP contribution in [0.2, 0.25) is 5.15 Å². The van der Waals surface area contributed by atoms with Gasteiger partial charge in [0.25, 0.3) is 5.91 Å². The number of nitrogens with zero attached hydrogens (tertiary/aromatic N) is 2. The zero-order chi connectivity index (χ0) is 15.1. The third kappa shape index (κ3) is 5.91. The van der Waals surface area contributed by atoms with Crippen LogP contribution in [-0.4, -0.2) is 28.9 Å². The smallest absolute Gasteiger partial charge is 0.272 e. The van der Waals surface area contributed by atoms with Crippen molar-refractivity contribution in [2.45, 2.75) is 40.5 Å². The number of carbonyl (C=O) groups excluding carboxylic acids is 1. The summed E-state index contributed by atoms with van der Waals surface area (Å²) in [5, 5.41) is 0.364. The number of hydrogen-bond donors (Lipinski definition) is 0. The highest BCUT2D eigenvalue weighted by molar-refractivity contribution is 6.29. The van der Waals surface area contributed by atoms with Crippen molar-refractivity contribution in [3.05, 3.63) is 29.0 Å². The van der Waals surface area contributed by atoms with Crippen LogP contribution in [0.1, 0.15) is 51.0 Å². The van der Waals surface area contributed by atoms with E-state index in [9.17, 15) is 4.79 Å². The third-order valence-corrected chi connectivity index (χ3v) is 3.38. The van der Waals surface area contributed by atoms with Gasteiger partial charge in [0.05, 0.1) is 0 Å². The second-order valence-electron chi connectivity index (χ2n) is 6.00. The van der Waals surface area contributed by atoms with Crippen LogP contribution in [0, 0.1) is 11.8 Å². The molecule has 0 aromatic carbocycles. The summed E-state index contributed by atoms with van der Waals surface area (Å²) in [6.07, 6.45) is 2.01. The Kier molecular flexibility index (Phi) is 7.00. The molecule has 0 radical (unpaired) electrons. The highest BCUT2D eigenvalue weighted by Crippen LogP contribution is 2.12. The monoisotopic (exact) mass is 296 g/mol. The average molecular weight is 297 g/mol. The van der Waals surface area contributed by atoms with E-state index in [0.29, 0.717) is 22.7 Å². The van der Waals surface area contributed by atoms with Gasteiger partial charge in [-0.1, -0.05) is 45.4 Å².